The predicted octanol–water partition coefficient (Wildman–Crippen LogP) is 0.448. The number of nitrogens with zero attached hydrogens (tertiary/aromatic N) is 4. The van der Waals surface area contributed by atoms with E-state index in [1.807, 2.05) is 6.92 Å². The molecule has 0 aromatic heterocycles. The van der Waals surface area contributed by atoms with E-state index in [9.17, 15) is 29.6 Å². The molecule has 2 amide bonds. The second-order valence-electron chi connectivity index (χ2n) is 9.57. The molecule has 3 fully saturated rings. The third-order valence-corrected chi connectivity index (χ3v) is 7.47. The molecule has 3 aliphatic rings. The normalized spacial score (nSPS) is 29.7. The molecule has 1 spiro atoms. The zero-order valence-corrected chi connectivity index (χ0v) is 18.8. The lowest BCUT2D eigenvalue weighted by Crippen LogP contribution is -2.61. The minimum atomic E-state index is -1.03. The minimum Gasteiger partial charge on any atom is -0.481 e. The van der Waals surface area contributed by atoms with Crippen molar-refractivity contribution in [3.8, 4) is 0 Å². The van der Waals surface area contributed by atoms with Gasteiger partial charge in [-0.25, -0.2) is 0 Å². The van der Waals surface area contributed by atoms with Crippen molar-refractivity contribution in [3.05, 3.63) is 33.9 Å². The average Bonchev–Trinajstić information content (AvgIpc) is 3.45. The molecule has 33 heavy (non-hydrogen) atoms. The number of likely N-dealkylation sites (tertiary alicyclic amines) is 1. The van der Waals surface area contributed by atoms with Crippen molar-refractivity contribution in [3.63, 3.8) is 0 Å². The van der Waals surface area contributed by atoms with Gasteiger partial charge in [0.25, 0.3) is 5.69 Å². The number of piperazine rings is 1. The molecule has 4 rings (SSSR count). The Bertz CT molecular complexity index is 1010. The van der Waals surface area contributed by atoms with Gasteiger partial charge in [0.1, 0.15) is 6.04 Å². The first-order chi connectivity index (χ1) is 15.5. The van der Waals surface area contributed by atoms with Crippen LogP contribution in [0.3, 0.4) is 0 Å². The van der Waals surface area contributed by atoms with Crippen LogP contribution in [0, 0.1) is 34.3 Å². The Hall–Kier alpha value is -3.21. The number of aliphatic carboxylic acids is 1. The van der Waals surface area contributed by atoms with Gasteiger partial charge in [-0.05, 0) is 43.9 Å². The number of anilines is 1. The van der Waals surface area contributed by atoms with Gasteiger partial charge in [-0.3, -0.25) is 29.4 Å². The summed E-state index contributed by atoms with van der Waals surface area (Å²) in [5.41, 5.74) is 6.74. The predicted molar refractivity (Wildman–Crippen MR) is 119 cm³/mol. The molecule has 2 aliphatic heterocycles. The molecule has 2 heterocycles. The standard InChI is InChI=1S/C22H29N5O6/c1-13-9-14(27(32)33)3-4-17(13)25-5-7-26(8-6-25)20(29)18-15(21(30)31)10-22(12-24(18)2)11-16(22)19(23)28/h3-4,9,15-16,18H,5-8,10-12H2,1-2H3,(H2,23,28)(H,30,31). The summed E-state index contributed by atoms with van der Waals surface area (Å²) in [6.07, 6.45) is 0.850. The number of nitrogens with two attached hydrogens (primary N) is 1. The molecular formula is C22H29N5O6. The number of rotatable bonds is 5. The zero-order chi connectivity index (χ0) is 24.1. The van der Waals surface area contributed by atoms with Crippen molar-refractivity contribution in [1.82, 2.24) is 9.80 Å². The highest BCUT2D eigenvalue weighted by Gasteiger charge is 2.63. The van der Waals surface area contributed by atoms with Crippen LogP contribution in [0.5, 0.6) is 0 Å². The van der Waals surface area contributed by atoms with Crippen molar-refractivity contribution in [1.29, 1.82) is 0 Å². The zero-order valence-electron chi connectivity index (χ0n) is 18.8. The van der Waals surface area contributed by atoms with Crippen molar-refractivity contribution < 1.29 is 24.4 Å². The molecule has 0 bridgehead atoms. The van der Waals surface area contributed by atoms with E-state index in [1.54, 1.807) is 22.9 Å². The molecule has 1 aliphatic carbocycles. The maximum absolute atomic E-state index is 13.4. The van der Waals surface area contributed by atoms with E-state index >= 15 is 0 Å². The summed E-state index contributed by atoms with van der Waals surface area (Å²) >= 11 is 0. The summed E-state index contributed by atoms with van der Waals surface area (Å²) < 4.78 is 0. The molecule has 0 radical (unpaired) electrons. The van der Waals surface area contributed by atoms with E-state index < -0.39 is 34.2 Å². The minimum absolute atomic E-state index is 0.0390. The number of carbonyl (C=O) groups is 3. The molecule has 11 heteroatoms. The summed E-state index contributed by atoms with van der Waals surface area (Å²) in [7, 11) is 1.74. The fourth-order valence-electron chi connectivity index (χ4n) is 5.71. The smallest absolute Gasteiger partial charge is 0.308 e. The first-order valence-corrected chi connectivity index (χ1v) is 11.1. The van der Waals surface area contributed by atoms with Crippen LogP contribution in [-0.4, -0.2) is 83.4 Å². The molecule has 4 atom stereocenters. The van der Waals surface area contributed by atoms with Gasteiger partial charge < -0.3 is 20.6 Å². The highest BCUT2D eigenvalue weighted by atomic mass is 16.6. The van der Waals surface area contributed by atoms with Crippen LogP contribution in [0.4, 0.5) is 11.4 Å². The third kappa shape index (κ3) is 4.12. The molecule has 1 aromatic carbocycles. The topological polar surface area (TPSA) is 150 Å². The fourth-order valence-corrected chi connectivity index (χ4v) is 5.71. The van der Waals surface area contributed by atoms with Crippen LogP contribution in [0.25, 0.3) is 0 Å². The van der Waals surface area contributed by atoms with Crippen molar-refractivity contribution >= 4 is 29.2 Å². The molecule has 1 aromatic rings. The van der Waals surface area contributed by atoms with Crippen LogP contribution < -0.4 is 10.6 Å². The van der Waals surface area contributed by atoms with Crippen LogP contribution in [0.15, 0.2) is 18.2 Å². The summed E-state index contributed by atoms with van der Waals surface area (Å²) in [4.78, 5) is 53.2. The van der Waals surface area contributed by atoms with E-state index in [0.717, 1.165) is 11.3 Å². The number of non-ortho nitro benzene ring substituents is 1. The lowest BCUT2D eigenvalue weighted by Gasteiger charge is -2.44. The van der Waals surface area contributed by atoms with Gasteiger partial charge in [0.2, 0.25) is 11.8 Å². The number of carbonyl (C=O) groups excluding carboxylic acids is 2. The monoisotopic (exact) mass is 459 g/mol. The van der Waals surface area contributed by atoms with E-state index in [1.165, 1.54) is 12.1 Å². The van der Waals surface area contributed by atoms with Gasteiger partial charge in [-0.2, -0.15) is 0 Å². The number of piperidine rings is 1. The van der Waals surface area contributed by atoms with Gasteiger partial charge in [0.05, 0.1) is 10.8 Å². The molecule has 4 unspecified atom stereocenters. The number of carboxylic acid groups (broad SMARTS) is 1. The Morgan fingerprint density at radius 2 is 1.85 bits per heavy atom. The Kier molecular flexibility index (Phi) is 5.77. The lowest BCUT2D eigenvalue weighted by atomic mass is 9.79. The van der Waals surface area contributed by atoms with Gasteiger partial charge in [0, 0.05) is 56.5 Å². The number of nitro groups is 1. The first-order valence-electron chi connectivity index (χ1n) is 11.1. The van der Waals surface area contributed by atoms with Gasteiger partial charge in [-0.15, -0.1) is 0 Å². The van der Waals surface area contributed by atoms with Gasteiger partial charge in [0.15, 0.2) is 0 Å². The van der Waals surface area contributed by atoms with Crippen molar-refractivity contribution in [2.45, 2.75) is 25.8 Å². The summed E-state index contributed by atoms with van der Waals surface area (Å²) in [6, 6.07) is 3.95. The van der Waals surface area contributed by atoms with Crippen molar-refractivity contribution in [2.75, 3.05) is 44.7 Å². The second kappa shape index (κ2) is 8.29. The van der Waals surface area contributed by atoms with E-state index in [-0.39, 0.29) is 23.9 Å². The summed E-state index contributed by atoms with van der Waals surface area (Å²) in [5, 5.41) is 20.9. The van der Waals surface area contributed by atoms with Crippen LogP contribution >= 0.6 is 0 Å². The number of nitro benzene ring substituents is 1. The maximum Gasteiger partial charge on any atom is 0.308 e. The van der Waals surface area contributed by atoms with E-state index in [2.05, 4.69) is 4.90 Å². The highest BCUT2D eigenvalue weighted by molar-refractivity contribution is 5.89. The van der Waals surface area contributed by atoms with Crippen LogP contribution in [0.2, 0.25) is 0 Å². The number of amides is 2. The molecule has 2 saturated heterocycles. The Labute approximate surface area is 191 Å². The van der Waals surface area contributed by atoms with Gasteiger partial charge in [-0.1, -0.05) is 0 Å². The molecular weight excluding hydrogens is 430 g/mol. The third-order valence-electron chi connectivity index (χ3n) is 7.47. The first kappa shape index (κ1) is 23.0. The summed E-state index contributed by atoms with van der Waals surface area (Å²) in [6.45, 7) is 4.25. The maximum atomic E-state index is 13.4. The summed E-state index contributed by atoms with van der Waals surface area (Å²) in [5.74, 6) is -2.87. The SMILES string of the molecule is Cc1cc([N+](=O)[O-])ccc1N1CCN(C(=O)C2C(C(=O)O)CC3(CC3C(N)=O)CN2C)CC1. The van der Waals surface area contributed by atoms with Crippen LogP contribution in [0.1, 0.15) is 18.4 Å². The Morgan fingerprint density at radius 3 is 2.36 bits per heavy atom. The number of benzene rings is 1. The van der Waals surface area contributed by atoms with E-state index in [0.29, 0.717) is 39.1 Å². The van der Waals surface area contributed by atoms with E-state index in [4.69, 9.17) is 5.73 Å². The molecule has 11 nitrogen and oxygen atoms in total. The Morgan fingerprint density at radius 1 is 1.18 bits per heavy atom. The number of hydrogen-bond donors (Lipinski definition) is 2. The number of hydrogen-bond acceptors (Lipinski definition) is 7. The molecule has 1 saturated carbocycles. The second-order valence-corrected chi connectivity index (χ2v) is 9.57. The largest absolute Gasteiger partial charge is 0.481 e. The fraction of sp³-hybridized carbons (Fsp3) is 0.591. The quantitative estimate of drug-likeness (QED) is 0.476. The lowest BCUT2D eigenvalue weighted by molar-refractivity contribution is -0.384. The van der Waals surface area contributed by atoms with Crippen LogP contribution in [-0.2, 0) is 14.4 Å². The number of primary amides is 1. The van der Waals surface area contributed by atoms with Gasteiger partial charge >= 0.3 is 5.97 Å². The number of aryl methyl sites for hydroxylation is 1. The highest BCUT2D eigenvalue weighted by Crippen LogP contribution is 2.59. The Balaban J connectivity index is 1.43. The molecule has 3 N–H and O–H groups in total. The number of carboxylic acids is 1. The average molecular weight is 460 g/mol. The molecule has 178 valence electrons. The van der Waals surface area contributed by atoms with Crippen molar-refractivity contribution in [2.24, 2.45) is 23.0 Å². The number of likely N-dealkylation sites (N-methyl/N-ethyl adjacent to an activating group) is 1.